The highest BCUT2D eigenvalue weighted by Gasteiger charge is 2.38. The number of aldehydes is 1. The van der Waals surface area contributed by atoms with E-state index in [1.807, 2.05) is 6.92 Å². The first-order chi connectivity index (χ1) is 14.8. The van der Waals surface area contributed by atoms with Gasteiger partial charge in [-0.25, -0.2) is 0 Å². The van der Waals surface area contributed by atoms with Crippen molar-refractivity contribution in [1.82, 2.24) is 0 Å². The Morgan fingerprint density at radius 3 is 2.16 bits per heavy atom. The Morgan fingerprint density at radius 1 is 0.968 bits per heavy atom. The first kappa shape index (κ1) is 22.1. The lowest BCUT2D eigenvalue weighted by Crippen LogP contribution is -2.13. The zero-order valence-electron chi connectivity index (χ0n) is 18.0. The number of hydrogen-bond acceptors (Lipinski definition) is 8. The van der Waals surface area contributed by atoms with E-state index in [1.165, 1.54) is 28.1 Å². The topological polar surface area (TPSA) is 97.4 Å². The molecule has 0 aliphatic carbocycles. The van der Waals surface area contributed by atoms with Gasteiger partial charge >= 0.3 is 11.9 Å². The maximum absolute atomic E-state index is 11.7. The van der Waals surface area contributed by atoms with Crippen molar-refractivity contribution in [2.45, 2.75) is 39.2 Å². The molecule has 0 amide bonds. The van der Waals surface area contributed by atoms with E-state index in [0.29, 0.717) is 29.0 Å². The highest BCUT2D eigenvalue weighted by atomic mass is 16.6. The molecule has 0 spiro atoms. The zero-order chi connectivity index (χ0) is 22.7. The van der Waals surface area contributed by atoms with Gasteiger partial charge in [-0.05, 0) is 30.7 Å². The second-order valence-electron chi connectivity index (χ2n) is 7.05. The van der Waals surface area contributed by atoms with Crippen LogP contribution in [0.4, 0.5) is 0 Å². The summed E-state index contributed by atoms with van der Waals surface area (Å²) in [6.07, 6.45) is 1.00. The molecule has 164 valence electrons. The number of esters is 2. The molecule has 8 heteroatoms. The maximum atomic E-state index is 11.7. The predicted octanol–water partition coefficient (Wildman–Crippen LogP) is 3.99. The summed E-state index contributed by atoms with van der Waals surface area (Å²) in [6.45, 7) is 4.50. The zero-order valence-corrected chi connectivity index (χ0v) is 18.0. The molecule has 0 saturated carbocycles. The summed E-state index contributed by atoms with van der Waals surface area (Å²) < 4.78 is 27.6. The highest BCUT2D eigenvalue weighted by Crippen LogP contribution is 2.53. The Bertz CT molecular complexity index is 1030. The number of carbonyl (C=O) groups is 3. The molecule has 1 aliphatic rings. The van der Waals surface area contributed by atoms with Crippen LogP contribution in [-0.4, -0.2) is 32.4 Å². The van der Waals surface area contributed by atoms with Crippen LogP contribution in [0.2, 0.25) is 0 Å². The number of carbonyl (C=O) groups excluding carboxylic acids is 3. The molecule has 0 fully saturated rings. The average Bonchev–Trinajstić information content (AvgIpc) is 3.11. The minimum absolute atomic E-state index is 0.0123. The van der Waals surface area contributed by atoms with Gasteiger partial charge in [0.25, 0.3) is 0 Å². The average molecular weight is 428 g/mol. The van der Waals surface area contributed by atoms with Gasteiger partial charge in [0.05, 0.1) is 14.2 Å². The number of methoxy groups -OCH3 is 2. The van der Waals surface area contributed by atoms with Crippen molar-refractivity contribution in [3.05, 3.63) is 41.0 Å². The summed E-state index contributed by atoms with van der Waals surface area (Å²) in [4.78, 5) is 34.6. The predicted molar refractivity (Wildman–Crippen MR) is 110 cm³/mol. The lowest BCUT2D eigenvalue weighted by Gasteiger charge is -2.21. The van der Waals surface area contributed by atoms with Gasteiger partial charge in [-0.3, -0.25) is 14.4 Å². The third-order valence-corrected chi connectivity index (χ3v) is 5.00. The van der Waals surface area contributed by atoms with Crippen LogP contribution in [0.1, 0.15) is 60.7 Å². The molecular weight excluding hydrogens is 404 g/mol. The van der Waals surface area contributed by atoms with Crippen molar-refractivity contribution < 1.29 is 38.1 Å². The molecule has 2 unspecified atom stereocenters. The molecule has 8 nitrogen and oxygen atoms in total. The third kappa shape index (κ3) is 4.33. The normalized spacial score (nSPS) is 16.7. The summed E-state index contributed by atoms with van der Waals surface area (Å²) >= 11 is 0. The monoisotopic (exact) mass is 428 g/mol. The molecule has 1 aliphatic heterocycles. The number of hydrogen-bond donors (Lipinski definition) is 0. The summed E-state index contributed by atoms with van der Waals surface area (Å²) in [5.74, 6) is 0.0443. The molecule has 2 atom stereocenters. The molecule has 0 aromatic heterocycles. The number of rotatable bonds is 7. The maximum Gasteiger partial charge on any atom is 0.308 e. The van der Waals surface area contributed by atoms with Gasteiger partial charge in [-0.2, -0.15) is 0 Å². The second kappa shape index (κ2) is 9.07. The molecule has 0 saturated heterocycles. The van der Waals surface area contributed by atoms with E-state index >= 15 is 0 Å². The van der Waals surface area contributed by atoms with Gasteiger partial charge in [0.15, 0.2) is 23.0 Å². The van der Waals surface area contributed by atoms with E-state index in [-0.39, 0.29) is 23.2 Å². The molecule has 2 aromatic rings. The largest absolute Gasteiger partial charge is 0.493 e. The van der Waals surface area contributed by atoms with E-state index in [0.717, 1.165) is 11.8 Å². The van der Waals surface area contributed by atoms with Crippen LogP contribution in [0.3, 0.4) is 0 Å². The Kier molecular flexibility index (Phi) is 6.48. The van der Waals surface area contributed by atoms with Crippen LogP contribution in [0.15, 0.2) is 24.3 Å². The van der Waals surface area contributed by atoms with Crippen LogP contribution < -0.4 is 23.7 Å². The fraction of sp³-hybridized carbons (Fsp3) is 0.348. The lowest BCUT2D eigenvalue weighted by atomic mass is 9.88. The Labute approximate surface area is 180 Å². The van der Waals surface area contributed by atoms with Gasteiger partial charge in [0.2, 0.25) is 5.75 Å². The van der Waals surface area contributed by atoms with Gasteiger partial charge in [0.1, 0.15) is 12.4 Å². The molecule has 0 bridgehead atoms. The minimum atomic E-state index is -0.582. The Hall–Kier alpha value is -3.55. The molecule has 2 aromatic carbocycles. The van der Waals surface area contributed by atoms with Crippen LogP contribution in [0, 0.1) is 0 Å². The first-order valence-electron chi connectivity index (χ1n) is 9.75. The van der Waals surface area contributed by atoms with Crippen molar-refractivity contribution in [3.63, 3.8) is 0 Å². The lowest BCUT2D eigenvalue weighted by molar-refractivity contribution is -0.134. The molecule has 1 heterocycles. The molecular formula is C23H24O8. The Balaban J connectivity index is 2.14. The molecule has 0 N–H and O–H groups in total. The van der Waals surface area contributed by atoms with E-state index in [2.05, 4.69) is 0 Å². The Morgan fingerprint density at radius 2 is 1.61 bits per heavy atom. The number of fused-ring (bicyclic) bond motifs is 1. The van der Waals surface area contributed by atoms with Crippen LogP contribution in [0.25, 0.3) is 0 Å². The van der Waals surface area contributed by atoms with E-state index in [4.69, 9.17) is 23.7 Å². The first-order valence-corrected chi connectivity index (χ1v) is 9.75. The summed E-state index contributed by atoms with van der Waals surface area (Å²) in [5, 5.41) is 0. The fourth-order valence-corrected chi connectivity index (χ4v) is 3.76. The highest BCUT2D eigenvalue weighted by molar-refractivity contribution is 5.78. The minimum Gasteiger partial charge on any atom is -0.493 e. The number of benzene rings is 2. The van der Waals surface area contributed by atoms with Crippen molar-refractivity contribution in [3.8, 4) is 28.7 Å². The van der Waals surface area contributed by atoms with Crippen LogP contribution >= 0.6 is 0 Å². The summed E-state index contributed by atoms with van der Waals surface area (Å²) in [5.41, 5.74) is 1.99. The van der Waals surface area contributed by atoms with E-state index in [9.17, 15) is 14.4 Å². The van der Waals surface area contributed by atoms with E-state index in [1.54, 1.807) is 24.3 Å². The van der Waals surface area contributed by atoms with E-state index < -0.39 is 18.0 Å². The van der Waals surface area contributed by atoms with Gasteiger partial charge in [-0.1, -0.05) is 6.92 Å². The fourth-order valence-electron chi connectivity index (χ4n) is 3.76. The molecule has 0 radical (unpaired) electrons. The number of ether oxygens (including phenoxy) is 5. The van der Waals surface area contributed by atoms with Gasteiger partial charge in [-0.15, -0.1) is 0 Å². The summed E-state index contributed by atoms with van der Waals surface area (Å²) in [7, 11) is 2.93. The van der Waals surface area contributed by atoms with Crippen LogP contribution in [0.5, 0.6) is 28.7 Å². The smallest absolute Gasteiger partial charge is 0.308 e. The third-order valence-electron chi connectivity index (χ3n) is 5.00. The summed E-state index contributed by atoms with van der Waals surface area (Å²) in [6, 6.07) is 6.68. The van der Waals surface area contributed by atoms with Crippen LogP contribution in [-0.2, 0) is 9.59 Å². The van der Waals surface area contributed by atoms with Crippen molar-refractivity contribution in [1.29, 1.82) is 0 Å². The van der Waals surface area contributed by atoms with Crippen molar-refractivity contribution in [2.75, 3.05) is 14.2 Å². The standard InChI is InChI=1S/C23H24O8/c1-6-16-17-7-14(11-24)8-18(27-4)22(17)31-21(16)15-9-19(28-5)23(30-13(3)26)20(10-15)29-12(2)25/h7-11,16,21H,6H2,1-5H3. The second-order valence-corrected chi connectivity index (χ2v) is 7.05. The SMILES string of the molecule is CCC1c2cc(C=O)cc(OC)c2OC1c1cc(OC)c(OC(C)=O)c(OC(C)=O)c1. The van der Waals surface area contributed by atoms with Gasteiger partial charge < -0.3 is 23.7 Å². The molecule has 31 heavy (non-hydrogen) atoms. The van der Waals surface area contributed by atoms with Crippen molar-refractivity contribution in [2.24, 2.45) is 0 Å². The van der Waals surface area contributed by atoms with Gasteiger partial charge in [0, 0.05) is 36.5 Å². The van der Waals surface area contributed by atoms with Crippen molar-refractivity contribution >= 4 is 18.2 Å². The quantitative estimate of drug-likeness (QED) is 0.371. The molecule has 3 rings (SSSR count).